The molecule has 0 aliphatic rings. The second-order valence-corrected chi connectivity index (χ2v) is 8.16. The normalized spacial score (nSPS) is 10.7. The number of phenolic OH excluding ortho intramolecular Hbond substituents is 1. The summed E-state index contributed by atoms with van der Waals surface area (Å²) in [6.07, 6.45) is 0. The summed E-state index contributed by atoms with van der Waals surface area (Å²) >= 11 is 0. The van der Waals surface area contributed by atoms with E-state index in [1.165, 1.54) is 12.1 Å². The molecule has 0 radical (unpaired) electrons. The zero-order valence-electron chi connectivity index (χ0n) is 18.9. The van der Waals surface area contributed by atoms with Gasteiger partial charge in [0.2, 0.25) is 0 Å². The van der Waals surface area contributed by atoms with Crippen molar-refractivity contribution < 1.29 is 14.7 Å². The van der Waals surface area contributed by atoms with Crippen LogP contribution in [0.3, 0.4) is 0 Å². The summed E-state index contributed by atoms with van der Waals surface area (Å²) < 4.78 is 0. The Morgan fingerprint density at radius 2 is 1.00 bits per heavy atom. The van der Waals surface area contributed by atoms with Crippen LogP contribution in [0.2, 0.25) is 0 Å². The molecule has 3 aromatic rings. The Bertz CT molecular complexity index is 1160. The van der Waals surface area contributed by atoms with Crippen LogP contribution in [0.15, 0.2) is 36.4 Å². The highest BCUT2D eigenvalue weighted by atomic mass is 16.3. The van der Waals surface area contributed by atoms with Crippen molar-refractivity contribution in [2.24, 2.45) is 0 Å². The molecule has 7 N–H and O–H groups in total. The summed E-state index contributed by atoms with van der Waals surface area (Å²) in [5.74, 6) is -1.56. The predicted molar refractivity (Wildman–Crippen MR) is 129 cm³/mol. The maximum Gasteiger partial charge on any atom is 0.259 e. The lowest BCUT2D eigenvalue weighted by atomic mass is 10.0. The molecule has 3 rings (SSSR count). The fraction of sp³-hybridized carbons (Fsp3) is 0.200. The lowest BCUT2D eigenvalue weighted by molar-refractivity contribution is 0.102. The number of aryl methyl sites for hydroxylation is 5. The van der Waals surface area contributed by atoms with Gasteiger partial charge in [-0.2, -0.15) is 0 Å². The fourth-order valence-electron chi connectivity index (χ4n) is 3.40. The van der Waals surface area contributed by atoms with Gasteiger partial charge in [-0.3, -0.25) is 9.59 Å². The van der Waals surface area contributed by atoms with Crippen molar-refractivity contribution >= 4 is 34.6 Å². The van der Waals surface area contributed by atoms with Gasteiger partial charge in [0, 0.05) is 0 Å². The third-order valence-corrected chi connectivity index (χ3v) is 5.57. The van der Waals surface area contributed by atoms with Crippen molar-refractivity contribution in [2.45, 2.75) is 34.6 Å². The predicted octanol–water partition coefficient (Wildman–Crippen LogP) is 4.60. The zero-order valence-corrected chi connectivity index (χ0v) is 18.9. The monoisotopic (exact) mass is 432 g/mol. The van der Waals surface area contributed by atoms with Gasteiger partial charge in [-0.15, -0.1) is 0 Å². The number of benzene rings is 3. The Kier molecular flexibility index (Phi) is 6.11. The van der Waals surface area contributed by atoms with Crippen LogP contribution in [0, 0.1) is 34.6 Å². The molecule has 7 nitrogen and oxygen atoms in total. The number of carbonyl (C=O) groups excluding carboxylic acids is 2. The van der Waals surface area contributed by atoms with E-state index in [2.05, 4.69) is 10.6 Å². The zero-order chi connectivity index (χ0) is 23.7. The largest absolute Gasteiger partial charge is 0.506 e. The first kappa shape index (κ1) is 22.7. The molecule has 2 amide bonds. The van der Waals surface area contributed by atoms with Crippen molar-refractivity contribution in [3.05, 3.63) is 75.3 Å². The highest BCUT2D eigenvalue weighted by molar-refractivity contribution is 6.13. The van der Waals surface area contributed by atoms with Crippen LogP contribution in [0.1, 0.15) is 48.5 Å². The molecule has 0 aliphatic carbocycles. The van der Waals surface area contributed by atoms with Gasteiger partial charge in [0.05, 0.1) is 33.9 Å². The molecule has 0 saturated carbocycles. The Balaban J connectivity index is 1.93. The van der Waals surface area contributed by atoms with Crippen LogP contribution in [0.4, 0.5) is 22.7 Å². The van der Waals surface area contributed by atoms with Crippen LogP contribution in [0.25, 0.3) is 0 Å². The molecule has 0 heterocycles. The standard InChI is InChI=1S/C25H28N4O3/c1-12-6-17(24(31)28-21-10-15(4)13(2)8-19(21)26)23(30)18(7-12)25(32)29-22-11-16(5)14(3)9-20(22)27/h6-11,30H,26-27H2,1-5H3,(H,28,31)(H,29,32). The van der Waals surface area contributed by atoms with Crippen LogP contribution >= 0.6 is 0 Å². The molecule has 0 aromatic heterocycles. The molecule has 0 atom stereocenters. The van der Waals surface area contributed by atoms with Gasteiger partial charge in [-0.05, 0) is 98.8 Å². The Hall–Kier alpha value is -4.00. The number of phenols is 1. The SMILES string of the molecule is Cc1cc(C(=O)Nc2cc(C)c(C)cc2N)c(O)c(C(=O)Nc2cc(C)c(C)cc2N)c1. The van der Waals surface area contributed by atoms with E-state index >= 15 is 0 Å². The average molecular weight is 433 g/mol. The van der Waals surface area contributed by atoms with E-state index in [9.17, 15) is 14.7 Å². The number of hydrogen-bond donors (Lipinski definition) is 5. The first-order valence-corrected chi connectivity index (χ1v) is 10.2. The number of nitrogens with one attached hydrogen (secondary N) is 2. The van der Waals surface area contributed by atoms with Crippen LogP contribution in [-0.2, 0) is 0 Å². The van der Waals surface area contributed by atoms with E-state index < -0.39 is 17.6 Å². The molecule has 32 heavy (non-hydrogen) atoms. The van der Waals surface area contributed by atoms with Crippen LogP contribution in [0.5, 0.6) is 5.75 Å². The second kappa shape index (κ2) is 8.63. The molecule has 166 valence electrons. The molecule has 0 bridgehead atoms. The van der Waals surface area contributed by atoms with Crippen molar-refractivity contribution in [1.82, 2.24) is 0 Å². The molecular formula is C25H28N4O3. The third kappa shape index (κ3) is 4.51. The minimum Gasteiger partial charge on any atom is -0.506 e. The van der Waals surface area contributed by atoms with E-state index in [0.717, 1.165) is 22.3 Å². The number of nitrogens with two attached hydrogens (primary N) is 2. The van der Waals surface area contributed by atoms with E-state index in [4.69, 9.17) is 11.5 Å². The lowest BCUT2D eigenvalue weighted by Gasteiger charge is -2.15. The van der Waals surface area contributed by atoms with E-state index in [0.29, 0.717) is 28.3 Å². The summed E-state index contributed by atoms with van der Waals surface area (Å²) in [5, 5.41) is 16.2. The molecule has 3 aromatic carbocycles. The lowest BCUT2D eigenvalue weighted by Crippen LogP contribution is -2.18. The topological polar surface area (TPSA) is 130 Å². The molecule has 0 fully saturated rings. The third-order valence-electron chi connectivity index (χ3n) is 5.57. The summed E-state index contributed by atoms with van der Waals surface area (Å²) in [5.41, 5.74) is 18.3. The van der Waals surface area contributed by atoms with Crippen LogP contribution < -0.4 is 22.1 Å². The second-order valence-electron chi connectivity index (χ2n) is 8.16. The van der Waals surface area contributed by atoms with Gasteiger partial charge < -0.3 is 27.2 Å². The molecule has 7 heteroatoms. The first-order valence-electron chi connectivity index (χ1n) is 10.2. The molecular weight excluding hydrogens is 404 g/mol. The van der Waals surface area contributed by atoms with Crippen molar-refractivity contribution in [3.63, 3.8) is 0 Å². The molecule has 0 saturated heterocycles. The molecule has 0 unspecified atom stereocenters. The molecule has 0 spiro atoms. The van der Waals surface area contributed by atoms with Crippen LogP contribution in [-0.4, -0.2) is 16.9 Å². The maximum atomic E-state index is 12.9. The minimum atomic E-state index is -0.569. The number of anilines is 4. The fourth-order valence-corrected chi connectivity index (χ4v) is 3.40. The quantitative estimate of drug-likeness (QED) is 0.385. The Morgan fingerprint density at radius 3 is 1.38 bits per heavy atom. The Morgan fingerprint density at radius 1 is 0.656 bits per heavy atom. The number of amides is 2. The average Bonchev–Trinajstić information content (AvgIpc) is 2.71. The van der Waals surface area contributed by atoms with E-state index in [-0.39, 0.29) is 11.1 Å². The summed E-state index contributed by atoms with van der Waals surface area (Å²) in [4.78, 5) is 25.9. The molecule has 0 aliphatic heterocycles. The van der Waals surface area contributed by atoms with Gasteiger partial charge in [0.25, 0.3) is 11.8 Å². The maximum absolute atomic E-state index is 12.9. The van der Waals surface area contributed by atoms with E-state index in [1.807, 2.05) is 27.7 Å². The highest BCUT2D eigenvalue weighted by Crippen LogP contribution is 2.30. The van der Waals surface area contributed by atoms with Crippen molar-refractivity contribution in [2.75, 3.05) is 22.1 Å². The van der Waals surface area contributed by atoms with E-state index in [1.54, 1.807) is 31.2 Å². The summed E-state index contributed by atoms with van der Waals surface area (Å²) in [7, 11) is 0. The first-order chi connectivity index (χ1) is 15.0. The summed E-state index contributed by atoms with van der Waals surface area (Å²) in [6.45, 7) is 9.42. The smallest absolute Gasteiger partial charge is 0.259 e. The number of hydrogen-bond acceptors (Lipinski definition) is 5. The van der Waals surface area contributed by atoms with Gasteiger partial charge in [0.15, 0.2) is 0 Å². The van der Waals surface area contributed by atoms with Crippen molar-refractivity contribution in [3.8, 4) is 5.75 Å². The number of rotatable bonds is 4. The Labute approximate surface area is 187 Å². The van der Waals surface area contributed by atoms with Gasteiger partial charge >= 0.3 is 0 Å². The highest BCUT2D eigenvalue weighted by Gasteiger charge is 2.21. The summed E-state index contributed by atoms with van der Waals surface area (Å²) in [6, 6.07) is 10.1. The van der Waals surface area contributed by atoms with Gasteiger partial charge in [0.1, 0.15) is 5.75 Å². The number of aromatic hydroxyl groups is 1. The number of nitrogen functional groups attached to an aromatic ring is 2. The minimum absolute atomic E-state index is 0.0270. The van der Waals surface area contributed by atoms with Gasteiger partial charge in [-0.25, -0.2) is 0 Å². The number of carbonyl (C=O) groups is 2. The van der Waals surface area contributed by atoms with Crippen molar-refractivity contribution in [1.29, 1.82) is 0 Å². The van der Waals surface area contributed by atoms with Gasteiger partial charge in [-0.1, -0.05) is 0 Å².